The lowest BCUT2D eigenvalue weighted by Crippen LogP contribution is -2.37. The minimum Gasteiger partial charge on any atom is -0.370 e. The molecule has 1 aliphatic rings. The van der Waals surface area contributed by atoms with Crippen LogP contribution in [-0.2, 0) is 0 Å². The van der Waals surface area contributed by atoms with Gasteiger partial charge in [0, 0.05) is 25.4 Å². The Morgan fingerprint density at radius 3 is 2.76 bits per heavy atom. The molecule has 2 heterocycles. The third-order valence-corrected chi connectivity index (χ3v) is 3.12. The number of pyridine rings is 1. The summed E-state index contributed by atoms with van der Waals surface area (Å²) < 4.78 is 0. The number of non-ortho nitro benzene ring substituents is 1. The zero-order valence-electron chi connectivity index (χ0n) is 9.17. The van der Waals surface area contributed by atoms with Crippen molar-refractivity contribution in [2.24, 2.45) is 0 Å². The van der Waals surface area contributed by atoms with Crippen molar-refractivity contribution in [3.63, 3.8) is 0 Å². The standard InChI is InChI=1S/C12H11N3O2/c16-15(17)10-4-5-11(14-7-2-8-14)12-9(10)3-1-6-13-12/h1,3-6H,2,7-8H2. The van der Waals surface area contributed by atoms with Crippen LogP contribution in [0.15, 0.2) is 30.5 Å². The van der Waals surface area contributed by atoms with Crippen molar-refractivity contribution in [1.82, 2.24) is 4.98 Å². The maximum atomic E-state index is 10.9. The van der Waals surface area contributed by atoms with Crippen LogP contribution < -0.4 is 4.90 Å². The van der Waals surface area contributed by atoms with Gasteiger partial charge in [-0.05, 0) is 24.6 Å². The van der Waals surface area contributed by atoms with E-state index >= 15 is 0 Å². The van der Waals surface area contributed by atoms with E-state index in [1.54, 1.807) is 30.5 Å². The maximum absolute atomic E-state index is 10.9. The quantitative estimate of drug-likeness (QED) is 0.585. The number of aromatic nitrogens is 1. The number of nitro groups is 1. The number of nitro benzene ring substituents is 1. The largest absolute Gasteiger partial charge is 0.370 e. The fourth-order valence-corrected chi connectivity index (χ4v) is 2.11. The Morgan fingerprint density at radius 1 is 1.29 bits per heavy atom. The molecule has 1 aromatic carbocycles. The Bertz CT molecular complexity index is 593. The predicted molar refractivity (Wildman–Crippen MR) is 65.2 cm³/mol. The highest BCUT2D eigenvalue weighted by Crippen LogP contribution is 2.33. The van der Waals surface area contributed by atoms with E-state index in [-0.39, 0.29) is 10.6 Å². The molecule has 0 radical (unpaired) electrons. The highest BCUT2D eigenvalue weighted by atomic mass is 16.6. The van der Waals surface area contributed by atoms with Crippen molar-refractivity contribution in [3.05, 3.63) is 40.6 Å². The molecule has 1 saturated heterocycles. The Morgan fingerprint density at radius 2 is 2.12 bits per heavy atom. The van der Waals surface area contributed by atoms with Gasteiger partial charge in [0.25, 0.3) is 5.69 Å². The molecule has 0 spiro atoms. The lowest BCUT2D eigenvalue weighted by atomic mass is 10.1. The monoisotopic (exact) mass is 229 g/mol. The van der Waals surface area contributed by atoms with E-state index in [1.807, 2.05) is 0 Å². The van der Waals surface area contributed by atoms with Gasteiger partial charge in [0.1, 0.15) is 5.52 Å². The molecule has 2 aromatic rings. The molecule has 5 heteroatoms. The van der Waals surface area contributed by atoms with E-state index in [2.05, 4.69) is 9.88 Å². The van der Waals surface area contributed by atoms with Gasteiger partial charge in [-0.2, -0.15) is 0 Å². The molecular formula is C12H11N3O2. The third kappa shape index (κ3) is 1.51. The summed E-state index contributed by atoms with van der Waals surface area (Å²) >= 11 is 0. The topological polar surface area (TPSA) is 59.3 Å². The van der Waals surface area contributed by atoms with Crippen LogP contribution in [0, 0.1) is 10.1 Å². The molecule has 0 unspecified atom stereocenters. The molecule has 1 fully saturated rings. The van der Waals surface area contributed by atoms with Crippen LogP contribution in [-0.4, -0.2) is 23.0 Å². The first-order valence-electron chi connectivity index (χ1n) is 5.54. The summed E-state index contributed by atoms with van der Waals surface area (Å²) in [4.78, 5) is 17.1. The van der Waals surface area contributed by atoms with Crippen LogP contribution in [0.3, 0.4) is 0 Å². The molecule has 0 aliphatic carbocycles. The molecule has 0 atom stereocenters. The number of anilines is 1. The van der Waals surface area contributed by atoms with Gasteiger partial charge in [-0.3, -0.25) is 15.1 Å². The average Bonchev–Trinajstić information content (AvgIpc) is 2.26. The van der Waals surface area contributed by atoms with Gasteiger partial charge >= 0.3 is 0 Å². The van der Waals surface area contributed by atoms with E-state index in [0.29, 0.717) is 5.39 Å². The first-order valence-corrected chi connectivity index (χ1v) is 5.54. The minimum absolute atomic E-state index is 0.123. The third-order valence-electron chi connectivity index (χ3n) is 3.12. The van der Waals surface area contributed by atoms with Gasteiger partial charge in [0.2, 0.25) is 0 Å². The zero-order valence-corrected chi connectivity index (χ0v) is 9.17. The smallest absolute Gasteiger partial charge is 0.278 e. The van der Waals surface area contributed by atoms with E-state index < -0.39 is 0 Å². The van der Waals surface area contributed by atoms with Crippen LogP contribution in [0.25, 0.3) is 10.9 Å². The van der Waals surface area contributed by atoms with Crippen LogP contribution in [0.4, 0.5) is 11.4 Å². The molecule has 17 heavy (non-hydrogen) atoms. The summed E-state index contributed by atoms with van der Waals surface area (Å²) in [7, 11) is 0. The average molecular weight is 229 g/mol. The molecule has 86 valence electrons. The van der Waals surface area contributed by atoms with Gasteiger partial charge in [0.05, 0.1) is 16.0 Å². The fourth-order valence-electron chi connectivity index (χ4n) is 2.11. The van der Waals surface area contributed by atoms with Gasteiger partial charge in [-0.15, -0.1) is 0 Å². The zero-order chi connectivity index (χ0) is 11.8. The second-order valence-electron chi connectivity index (χ2n) is 4.10. The van der Waals surface area contributed by atoms with Crippen LogP contribution in [0.1, 0.15) is 6.42 Å². The van der Waals surface area contributed by atoms with Gasteiger partial charge < -0.3 is 4.90 Å². The SMILES string of the molecule is O=[N+]([O-])c1ccc(N2CCC2)c2ncccc12. The Kier molecular flexibility index (Phi) is 2.18. The molecular weight excluding hydrogens is 218 g/mol. The lowest BCUT2D eigenvalue weighted by Gasteiger charge is -2.33. The first kappa shape index (κ1) is 10.0. The first-order chi connectivity index (χ1) is 8.27. The van der Waals surface area contributed by atoms with Crippen molar-refractivity contribution in [3.8, 4) is 0 Å². The van der Waals surface area contributed by atoms with Gasteiger partial charge in [-0.1, -0.05) is 0 Å². The van der Waals surface area contributed by atoms with Crippen molar-refractivity contribution in [2.45, 2.75) is 6.42 Å². The Balaban J connectivity index is 2.26. The highest BCUT2D eigenvalue weighted by molar-refractivity contribution is 5.97. The van der Waals surface area contributed by atoms with Gasteiger partial charge in [-0.25, -0.2) is 0 Å². The second-order valence-corrected chi connectivity index (χ2v) is 4.10. The fraction of sp³-hybridized carbons (Fsp3) is 0.250. The number of rotatable bonds is 2. The van der Waals surface area contributed by atoms with Crippen molar-refractivity contribution >= 4 is 22.3 Å². The predicted octanol–water partition coefficient (Wildman–Crippen LogP) is 2.35. The number of fused-ring (bicyclic) bond motifs is 1. The summed E-state index contributed by atoms with van der Waals surface area (Å²) in [6.45, 7) is 2.01. The molecule has 0 amide bonds. The summed E-state index contributed by atoms with van der Waals surface area (Å²) in [6.07, 6.45) is 2.85. The van der Waals surface area contributed by atoms with Crippen molar-refractivity contribution in [1.29, 1.82) is 0 Å². The molecule has 1 aliphatic heterocycles. The molecule has 0 bridgehead atoms. The van der Waals surface area contributed by atoms with Crippen molar-refractivity contribution < 1.29 is 4.92 Å². The van der Waals surface area contributed by atoms with E-state index in [9.17, 15) is 10.1 Å². The molecule has 0 saturated carbocycles. The molecule has 1 aromatic heterocycles. The molecule has 0 N–H and O–H groups in total. The van der Waals surface area contributed by atoms with E-state index in [4.69, 9.17) is 0 Å². The molecule has 5 nitrogen and oxygen atoms in total. The maximum Gasteiger partial charge on any atom is 0.278 e. The number of benzene rings is 1. The van der Waals surface area contributed by atoms with E-state index in [1.165, 1.54) is 6.42 Å². The van der Waals surface area contributed by atoms with E-state index in [0.717, 1.165) is 24.3 Å². The minimum atomic E-state index is -0.357. The number of hydrogen-bond acceptors (Lipinski definition) is 4. The Labute approximate surface area is 97.8 Å². The van der Waals surface area contributed by atoms with Crippen LogP contribution in [0.2, 0.25) is 0 Å². The highest BCUT2D eigenvalue weighted by Gasteiger charge is 2.21. The van der Waals surface area contributed by atoms with Gasteiger partial charge in [0.15, 0.2) is 0 Å². The summed E-state index contributed by atoms with van der Waals surface area (Å²) in [5.41, 5.74) is 1.84. The number of hydrogen-bond donors (Lipinski definition) is 0. The molecule has 3 rings (SSSR count). The summed E-state index contributed by atoms with van der Waals surface area (Å²) in [5.74, 6) is 0. The summed E-state index contributed by atoms with van der Waals surface area (Å²) in [6, 6.07) is 6.85. The summed E-state index contributed by atoms with van der Waals surface area (Å²) in [5, 5.41) is 11.6. The number of nitrogens with zero attached hydrogens (tertiary/aromatic N) is 3. The second kappa shape index (κ2) is 3.69. The lowest BCUT2D eigenvalue weighted by molar-refractivity contribution is -0.383. The van der Waals surface area contributed by atoms with Crippen LogP contribution >= 0.6 is 0 Å². The van der Waals surface area contributed by atoms with Crippen molar-refractivity contribution in [2.75, 3.05) is 18.0 Å². The Hall–Kier alpha value is -2.17. The van der Waals surface area contributed by atoms with Crippen LogP contribution in [0.5, 0.6) is 0 Å². The normalized spacial score (nSPS) is 14.7.